The molecule has 0 spiro atoms. The number of ether oxygens (including phenoxy) is 2. The molecule has 0 unspecified atom stereocenters. The highest BCUT2D eigenvalue weighted by Gasteiger charge is 2.42. The van der Waals surface area contributed by atoms with Crippen molar-refractivity contribution in [2.24, 2.45) is 17.8 Å². The van der Waals surface area contributed by atoms with E-state index in [0.717, 1.165) is 43.1 Å². The molecule has 2 aliphatic carbocycles. The normalized spacial score (nSPS) is 22.0. The molecular weight excluding hydrogens is 647 g/mol. The summed E-state index contributed by atoms with van der Waals surface area (Å²) in [4.78, 5) is 0. The van der Waals surface area contributed by atoms with Gasteiger partial charge in [-0.3, -0.25) is 0 Å². The van der Waals surface area contributed by atoms with Crippen LogP contribution in [-0.2, 0) is 6.11 Å². The molecule has 2 aliphatic rings. The number of hydrogen-bond acceptors (Lipinski definition) is 2. The van der Waals surface area contributed by atoms with Crippen molar-refractivity contribution in [1.82, 2.24) is 0 Å². The van der Waals surface area contributed by atoms with E-state index in [4.69, 9.17) is 0 Å². The van der Waals surface area contributed by atoms with Crippen molar-refractivity contribution in [3.63, 3.8) is 0 Å². The first-order valence-electron chi connectivity index (χ1n) is 16.7. The summed E-state index contributed by atoms with van der Waals surface area (Å²) in [6.07, 6.45) is 4.45. The maximum atomic E-state index is 15.3. The minimum atomic E-state index is -5.24. The van der Waals surface area contributed by atoms with Crippen LogP contribution in [0.4, 0.5) is 39.5 Å². The Hall–Kier alpha value is -3.37. The fourth-order valence-electron chi connectivity index (χ4n) is 7.53. The Labute approximate surface area is 274 Å². The summed E-state index contributed by atoms with van der Waals surface area (Å²) in [5, 5.41) is 0. The zero-order chi connectivity index (χ0) is 34.6. The fourth-order valence-corrected chi connectivity index (χ4v) is 7.53. The topological polar surface area (TPSA) is 18.5 Å². The molecule has 0 bridgehead atoms. The second kappa shape index (κ2) is 15.0. The Morgan fingerprint density at radius 3 is 1.83 bits per heavy atom. The lowest BCUT2D eigenvalue weighted by Gasteiger charge is -2.38. The third-order valence-electron chi connectivity index (χ3n) is 10.0. The Bertz CT molecular complexity index is 1520. The molecule has 48 heavy (non-hydrogen) atoms. The van der Waals surface area contributed by atoms with Crippen LogP contribution in [0.15, 0.2) is 48.5 Å². The predicted molar refractivity (Wildman–Crippen MR) is 164 cm³/mol. The van der Waals surface area contributed by atoms with Crippen molar-refractivity contribution in [3.8, 4) is 22.6 Å². The highest BCUT2D eigenvalue weighted by Crippen LogP contribution is 2.45. The van der Waals surface area contributed by atoms with Gasteiger partial charge < -0.3 is 9.47 Å². The maximum Gasteiger partial charge on any atom is 0.573 e. The summed E-state index contributed by atoms with van der Waals surface area (Å²) in [7, 11) is 0. The van der Waals surface area contributed by atoms with E-state index in [9.17, 15) is 35.1 Å². The quantitative estimate of drug-likeness (QED) is 0.148. The van der Waals surface area contributed by atoms with Crippen LogP contribution in [0.5, 0.6) is 11.5 Å². The monoisotopic (exact) mass is 686 g/mol. The van der Waals surface area contributed by atoms with Gasteiger partial charge >= 0.3 is 12.5 Å². The second-order valence-corrected chi connectivity index (χ2v) is 13.2. The van der Waals surface area contributed by atoms with Gasteiger partial charge in [0, 0.05) is 11.6 Å². The molecule has 0 amide bonds. The molecular formula is C37H39F9O2. The maximum absolute atomic E-state index is 15.3. The van der Waals surface area contributed by atoms with Crippen molar-refractivity contribution in [3.05, 3.63) is 82.9 Å². The second-order valence-electron chi connectivity index (χ2n) is 13.2. The number of unbranched alkanes of at least 4 members (excludes halogenated alkanes) is 2. The van der Waals surface area contributed by atoms with Gasteiger partial charge in [0.15, 0.2) is 11.6 Å². The third-order valence-corrected chi connectivity index (χ3v) is 10.0. The van der Waals surface area contributed by atoms with Gasteiger partial charge in [-0.2, -0.15) is 8.78 Å². The molecule has 11 heteroatoms. The zero-order valence-electron chi connectivity index (χ0n) is 26.6. The summed E-state index contributed by atoms with van der Waals surface area (Å²) < 4.78 is 134. The molecule has 2 fully saturated rings. The highest BCUT2D eigenvalue weighted by molar-refractivity contribution is 5.65. The summed E-state index contributed by atoms with van der Waals surface area (Å²) in [6.45, 7) is 2.23. The molecule has 262 valence electrons. The molecule has 0 heterocycles. The average molecular weight is 687 g/mol. The van der Waals surface area contributed by atoms with E-state index >= 15 is 4.39 Å². The van der Waals surface area contributed by atoms with Gasteiger partial charge in [-0.15, -0.1) is 13.2 Å². The van der Waals surface area contributed by atoms with Gasteiger partial charge in [0.1, 0.15) is 28.8 Å². The van der Waals surface area contributed by atoms with Crippen molar-refractivity contribution in [1.29, 1.82) is 0 Å². The SMILES string of the molecule is CCCCCC1CCC(C2CCC(c3ccc(-c4cc(F)c(C(F)(F)Oc5ccc(OC(F)(F)F)c(F)c5)c(F)c4)c(F)c3)CC2)CC1. The molecule has 0 N–H and O–H groups in total. The Morgan fingerprint density at radius 1 is 0.646 bits per heavy atom. The van der Waals surface area contributed by atoms with Crippen molar-refractivity contribution >= 4 is 0 Å². The molecule has 2 nitrogen and oxygen atoms in total. The number of rotatable bonds is 11. The highest BCUT2D eigenvalue weighted by atomic mass is 19.4. The number of benzene rings is 3. The first-order chi connectivity index (χ1) is 22.7. The molecule has 0 saturated heterocycles. The average Bonchev–Trinajstić information content (AvgIpc) is 3.01. The number of alkyl halides is 5. The van der Waals surface area contributed by atoms with E-state index in [1.165, 1.54) is 63.5 Å². The Morgan fingerprint density at radius 2 is 1.27 bits per heavy atom. The first-order valence-corrected chi connectivity index (χ1v) is 16.7. The van der Waals surface area contributed by atoms with Crippen LogP contribution in [0.25, 0.3) is 11.1 Å². The summed E-state index contributed by atoms with van der Waals surface area (Å²) in [5.41, 5.74) is -1.55. The van der Waals surface area contributed by atoms with Gasteiger partial charge in [0.25, 0.3) is 0 Å². The zero-order valence-corrected chi connectivity index (χ0v) is 26.6. The molecule has 3 aromatic carbocycles. The van der Waals surface area contributed by atoms with E-state index in [2.05, 4.69) is 16.4 Å². The Kier molecular flexibility index (Phi) is 11.2. The smallest absolute Gasteiger partial charge is 0.429 e. The summed E-state index contributed by atoms with van der Waals surface area (Å²) in [6, 6.07) is 6.55. The van der Waals surface area contributed by atoms with Crippen molar-refractivity contribution < 1.29 is 49.0 Å². The van der Waals surface area contributed by atoms with Gasteiger partial charge in [0.2, 0.25) is 0 Å². The van der Waals surface area contributed by atoms with E-state index in [-0.39, 0.29) is 23.1 Å². The molecule has 5 rings (SSSR count). The largest absolute Gasteiger partial charge is 0.573 e. The van der Waals surface area contributed by atoms with E-state index in [1.54, 1.807) is 6.07 Å². The lowest BCUT2D eigenvalue weighted by atomic mass is 9.68. The van der Waals surface area contributed by atoms with Gasteiger partial charge in [-0.05, 0) is 104 Å². The van der Waals surface area contributed by atoms with Crippen LogP contribution < -0.4 is 9.47 Å². The molecule has 3 aromatic rings. The minimum absolute atomic E-state index is 0.154. The van der Waals surface area contributed by atoms with Crippen molar-refractivity contribution in [2.75, 3.05) is 0 Å². The summed E-state index contributed by atoms with van der Waals surface area (Å²) >= 11 is 0. The van der Waals surface area contributed by atoms with Crippen LogP contribution in [-0.4, -0.2) is 6.36 Å². The lowest BCUT2D eigenvalue weighted by molar-refractivity contribution is -0.275. The molecule has 0 radical (unpaired) electrons. The van der Waals surface area contributed by atoms with Crippen LogP contribution in [0.2, 0.25) is 0 Å². The molecule has 2 saturated carbocycles. The van der Waals surface area contributed by atoms with E-state index < -0.39 is 52.8 Å². The predicted octanol–water partition coefficient (Wildman–Crippen LogP) is 12.6. The first kappa shape index (κ1) is 35.9. The lowest BCUT2D eigenvalue weighted by Crippen LogP contribution is -2.25. The van der Waals surface area contributed by atoms with Crippen LogP contribution in [0.1, 0.15) is 101 Å². The van der Waals surface area contributed by atoms with E-state index in [1.807, 2.05) is 0 Å². The van der Waals surface area contributed by atoms with Gasteiger partial charge in [-0.1, -0.05) is 57.6 Å². The molecule has 0 aliphatic heterocycles. The Balaban J connectivity index is 1.21. The fraction of sp³-hybridized carbons (Fsp3) is 0.514. The van der Waals surface area contributed by atoms with Gasteiger partial charge in [-0.25, -0.2) is 17.6 Å². The van der Waals surface area contributed by atoms with Gasteiger partial charge in [0.05, 0.1) is 0 Å². The molecule has 0 atom stereocenters. The third kappa shape index (κ3) is 8.80. The van der Waals surface area contributed by atoms with E-state index in [0.29, 0.717) is 30.2 Å². The standard InChI is InChI=1S/C37H39F9O2/c1-2-3-4-5-22-6-8-23(9-7-22)24-10-12-25(13-11-24)26-14-16-29(30(38)18-26)27-19-32(40)35(33(41)20-27)36(42,43)47-28-15-17-34(31(39)21-28)48-37(44,45)46/h14-25H,2-13H2,1H3. The molecule has 0 aromatic heterocycles. The number of hydrogen-bond donors (Lipinski definition) is 0. The number of halogens is 9. The van der Waals surface area contributed by atoms with Crippen molar-refractivity contribution in [2.45, 2.75) is 102 Å². The van der Waals surface area contributed by atoms with Crippen LogP contribution in [0, 0.1) is 41.0 Å². The summed E-state index contributed by atoms with van der Waals surface area (Å²) in [5.74, 6) is -5.86. The van der Waals surface area contributed by atoms with Crippen LogP contribution in [0.3, 0.4) is 0 Å². The van der Waals surface area contributed by atoms with Crippen LogP contribution >= 0.6 is 0 Å². The minimum Gasteiger partial charge on any atom is -0.429 e.